The van der Waals surface area contributed by atoms with E-state index in [1.807, 2.05) is 6.07 Å². The minimum atomic E-state index is 0.617. The topological polar surface area (TPSA) is 38.0 Å². The van der Waals surface area contributed by atoms with Crippen LogP contribution in [0.2, 0.25) is 0 Å². The van der Waals surface area contributed by atoms with Crippen LogP contribution in [0, 0.1) is 0 Å². The van der Waals surface area contributed by atoms with Crippen LogP contribution in [0.25, 0.3) is 0 Å². The minimum absolute atomic E-state index is 0.617. The molecule has 0 bridgehead atoms. The second-order valence-electron chi connectivity index (χ2n) is 6.32. The van der Waals surface area contributed by atoms with E-state index in [4.69, 9.17) is 5.73 Å². The van der Waals surface area contributed by atoms with E-state index in [1.54, 1.807) is 0 Å². The summed E-state index contributed by atoms with van der Waals surface area (Å²) in [7, 11) is 0. The van der Waals surface area contributed by atoms with Gasteiger partial charge in [0, 0.05) is 11.7 Å². The largest absolute Gasteiger partial charge is 0.398 e. The number of hydrogen-bond donors (Lipinski definition) is 2. The van der Waals surface area contributed by atoms with Crippen molar-refractivity contribution in [1.82, 2.24) is 5.32 Å². The molecule has 0 spiro atoms. The molecule has 0 heterocycles. The van der Waals surface area contributed by atoms with E-state index >= 15 is 0 Å². The van der Waals surface area contributed by atoms with E-state index in [9.17, 15) is 0 Å². The molecule has 1 aliphatic carbocycles. The second kappa shape index (κ2) is 7.46. The fourth-order valence-electron chi connectivity index (χ4n) is 3.42. The van der Waals surface area contributed by atoms with Gasteiger partial charge >= 0.3 is 0 Å². The van der Waals surface area contributed by atoms with Crippen molar-refractivity contribution >= 4 is 5.69 Å². The zero-order chi connectivity index (χ0) is 15.2. The molecule has 2 nitrogen and oxygen atoms in total. The van der Waals surface area contributed by atoms with Gasteiger partial charge in [-0.3, -0.25) is 0 Å². The number of aryl methyl sites for hydroxylation is 1. The highest BCUT2D eigenvalue weighted by Gasteiger charge is 2.19. The van der Waals surface area contributed by atoms with Gasteiger partial charge in [-0.1, -0.05) is 42.5 Å². The van der Waals surface area contributed by atoms with Crippen molar-refractivity contribution in [2.45, 2.75) is 44.6 Å². The standard InChI is InChI=1S/C20H26N2/c21-20-11-6-10-17-15-18(12-13-19(17)20)22-14-5-4-9-16-7-2-1-3-8-16/h1-3,6-8,10-11,18,22H,4-5,9,12-15,21H2. The van der Waals surface area contributed by atoms with Crippen LogP contribution in [0.5, 0.6) is 0 Å². The number of nitrogens with one attached hydrogen (secondary N) is 1. The predicted molar refractivity (Wildman–Crippen MR) is 94.1 cm³/mol. The van der Waals surface area contributed by atoms with Gasteiger partial charge in [-0.05, 0) is 67.8 Å². The molecule has 3 N–H and O–H groups in total. The average molecular weight is 294 g/mol. The number of hydrogen-bond acceptors (Lipinski definition) is 2. The summed E-state index contributed by atoms with van der Waals surface area (Å²) in [5.41, 5.74) is 11.3. The Morgan fingerprint density at radius 2 is 1.86 bits per heavy atom. The Morgan fingerprint density at radius 1 is 1.00 bits per heavy atom. The monoisotopic (exact) mass is 294 g/mol. The number of unbranched alkanes of at least 4 members (excludes halogenated alkanes) is 1. The van der Waals surface area contributed by atoms with Gasteiger partial charge in [-0.2, -0.15) is 0 Å². The van der Waals surface area contributed by atoms with Crippen LogP contribution < -0.4 is 11.1 Å². The first-order chi connectivity index (χ1) is 10.8. The molecule has 0 aliphatic heterocycles. The fourth-order valence-corrected chi connectivity index (χ4v) is 3.42. The van der Waals surface area contributed by atoms with Crippen LogP contribution in [0.15, 0.2) is 48.5 Å². The Hall–Kier alpha value is -1.80. The molecule has 1 unspecified atom stereocenters. The van der Waals surface area contributed by atoms with E-state index in [-0.39, 0.29) is 0 Å². The third-order valence-corrected chi connectivity index (χ3v) is 4.69. The summed E-state index contributed by atoms with van der Waals surface area (Å²) < 4.78 is 0. The zero-order valence-corrected chi connectivity index (χ0v) is 13.2. The highest BCUT2D eigenvalue weighted by atomic mass is 14.9. The Bertz CT molecular complexity index is 592. The fraction of sp³-hybridized carbons (Fsp3) is 0.400. The molecule has 0 saturated heterocycles. The molecule has 0 fully saturated rings. The first-order valence-electron chi connectivity index (χ1n) is 8.46. The van der Waals surface area contributed by atoms with E-state index < -0.39 is 0 Å². The quantitative estimate of drug-likeness (QED) is 0.629. The van der Waals surface area contributed by atoms with Crippen molar-refractivity contribution in [3.05, 3.63) is 65.2 Å². The smallest absolute Gasteiger partial charge is 0.0349 e. The van der Waals surface area contributed by atoms with Gasteiger partial charge in [0.15, 0.2) is 0 Å². The van der Waals surface area contributed by atoms with Crippen LogP contribution in [0.4, 0.5) is 5.69 Å². The van der Waals surface area contributed by atoms with Crippen LogP contribution in [0.3, 0.4) is 0 Å². The SMILES string of the molecule is Nc1cccc2c1CCC(NCCCCc1ccccc1)C2. The van der Waals surface area contributed by atoms with Gasteiger partial charge in [0.25, 0.3) is 0 Å². The lowest BCUT2D eigenvalue weighted by molar-refractivity contribution is 0.451. The molecule has 0 aromatic heterocycles. The number of fused-ring (bicyclic) bond motifs is 1. The molecule has 0 saturated carbocycles. The summed E-state index contributed by atoms with van der Waals surface area (Å²) in [6.07, 6.45) is 7.14. The molecule has 116 valence electrons. The molecule has 1 atom stereocenters. The molecule has 2 aromatic rings. The summed E-state index contributed by atoms with van der Waals surface area (Å²) >= 11 is 0. The molecule has 0 amide bonds. The lowest BCUT2D eigenvalue weighted by atomic mass is 9.87. The lowest BCUT2D eigenvalue weighted by Gasteiger charge is -2.26. The normalized spacial score (nSPS) is 17.2. The van der Waals surface area contributed by atoms with E-state index in [0.717, 1.165) is 25.1 Å². The van der Waals surface area contributed by atoms with Crippen molar-refractivity contribution in [3.8, 4) is 0 Å². The van der Waals surface area contributed by atoms with E-state index in [0.29, 0.717) is 6.04 Å². The Labute approximate surface area is 133 Å². The van der Waals surface area contributed by atoms with Gasteiger partial charge in [0.2, 0.25) is 0 Å². The van der Waals surface area contributed by atoms with Gasteiger partial charge in [0.05, 0.1) is 0 Å². The molecule has 2 heteroatoms. The van der Waals surface area contributed by atoms with Gasteiger partial charge in [0.1, 0.15) is 0 Å². The maximum atomic E-state index is 6.06. The van der Waals surface area contributed by atoms with Crippen molar-refractivity contribution in [1.29, 1.82) is 0 Å². The maximum Gasteiger partial charge on any atom is 0.0349 e. The average Bonchev–Trinajstić information content (AvgIpc) is 2.56. The highest BCUT2D eigenvalue weighted by molar-refractivity contribution is 5.52. The number of benzene rings is 2. The highest BCUT2D eigenvalue weighted by Crippen LogP contribution is 2.26. The van der Waals surface area contributed by atoms with Crippen molar-refractivity contribution in [3.63, 3.8) is 0 Å². The Balaban J connectivity index is 1.38. The van der Waals surface area contributed by atoms with Crippen LogP contribution in [-0.2, 0) is 19.3 Å². The van der Waals surface area contributed by atoms with Crippen molar-refractivity contribution in [2.75, 3.05) is 12.3 Å². The predicted octanol–water partition coefficient (Wildman–Crippen LogP) is 3.74. The Kier molecular flexibility index (Phi) is 5.12. The van der Waals surface area contributed by atoms with Crippen molar-refractivity contribution in [2.24, 2.45) is 0 Å². The first-order valence-corrected chi connectivity index (χ1v) is 8.46. The summed E-state index contributed by atoms with van der Waals surface area (Å²) in [6, 6.07) is 17.7. The summed E-state index contributed by atoms with van der Waals surface area (Å²) in [5, 5.41) is 3.73. The number of nitrogen functional groups attached to an aromatic ring is 1. The maximum absolute atomic E-state index is 6.06. The molecule has 1 aliphatic rings. The van der Waals surface area contributed by atoms with E-state index in [1.165, 1.54) is 42.4 Å². The number of rotatable bonds is 6. The van der Waals surface area contributed by atoms with Crippen LogP contribution >= 0.6 is 0 Å². The third-order valence-electron chi connectivity index (χ3n) is 4.69. The number of anilines is 1. The molecule has 3 rings (SSSR count). The summed E-state index contributed by atoms with van der Waals surface area (Å²) in [5.74, 6) is 0. The molecule has 0 radical (unpaired) electrons. The summed E-state index contributed by atoms with van der Waals surface area (Å²) in [6.45, 7) is 1.12. The van der Waals surface area contributed by atoms with E-state index in [2.05, 4.69) is 47.8 Å². The van der Waals surface area contributed by atoms with Crippen molar-refractivity contribution < 1.29 is 0 Å². The first kappa shape index (κ1) is 15.1. The zero-order valence-electron chi connectivity index (χ0n) is 13.2. The lowest BCUT2D eigenvalue weighted by Crippen LogP contribution is -2.35. The second-order valence-corrected chi connectivity index (χ2v) is 6.32. The summed E-state index contributed by atoms with van der Waals surface area (Å²) in [4.78, 5) is 0. The minimum Gasteiger partial charge on any atom is -0.398 e. The Morgan fingerprint density at radius 3 is 2.73 bits per heavy atom. The molecule has 22 heavy (non-hydrogen) atoms. The van der Waals surface area contributed by atoms with Gasteiger partial charge < -0.3 is 11.1 Å². The van der Waals surface area contributed by atoms with Gasteiger partial charge in [-0.25, -0.2) is 0 Å². The number of nitrogens with two attached hydrogens (primary N) is 1. The molecule has 2 aromatic carbocycles. The van der Waals surface area contributed by atoms with Crippen LogP contribution in [-0.4, -0.2) is 12.6 Å². The molecular weight excluding hydrogens is 268 g/mol. The molecular formula is C20H26N2. The van der Waals surface area contributed by atoms with Crippen LogP contribution in [0.1, 0.15) is 36.0 Å². The third kappa shape index (κ3) is 3.89. The van der Waals surface area contributed by atoms with Gasteiger partial charge in [-0.15, -0.1) is 0 Å².